The number of rotatable bonds is 3. The lowest BCUT2D eigenvalue weighted by molar-refractivity contribution is 0.584. The van der Waals surface area contributed by atoms with Crippen LogP contribution in [0.1, 0.15) is 50.7 Å². The molecule has 2 rings (SSSR count). The van der Waals surface area contributed by atoms with E-state index in [0.29, 0.717) is 17.4 Å². The van der Waals surface area contributed by atoms with Crippen molar-refractivity contribution in [3.8, 4) is 11.1 Å². The Balaban J connectivity index is 2.55. The summed E-state index contributed by atoms with van der Waals surface area (Å²) in [6.45, 7) is 8.58. The third-order valence-electron chi connectivity index (χ3n) is 3.53. The fourth-order valence-corrected chi connectivity index (χ4v) is 2.50. The number of hydrogen-bond donors (Lipinski definition) is 0. The molecule has 2 aromatic carbocycles. The number of hydrogen-bond acceptors (Lipinski definition) is 0. The third-order valence-corrected chi connectivity index (χ3v) is 3.53. The molecule has 0 atom stereocenters. The van der Waals surface area contributed by atoms with E-state index < -0.39 is 11.6 Å². The highest BCUT2D eigenvalue weighted by Crippen LogP contribution is 2.31. The second-order valence-electron chi connectivity index (χ2n) is 5.81. The van der Waals surface area contributed by atoms with E-state index >= 15 is 0 Å². The van der Waals surface area contributed by atoms with Crippen LogP contribution < -0.4 is 0 Å². The molecule has 0 nitrogen and oxygen atoms in total. The topological polar surface area (TPSA) is 0 Å². The molecule has 2 heteroatoms. The summed E-state index contributed by atoms with van der Waals surface area (Å²) in [5, 5.41) is 0. The smallest absolute Gasteiger partial charge is 0.126 e. The van der Waals surface area contributed by atoms with Gasteiger partial charge < -0.3 is 0 Å². The molecular weight excluding hydrogens is 254 g/mol. The second-order valence-corrected chi connectivity index (χ2v) is 5.81. The molecule has 0 unspecified atom stereocenters. The lowest BCUT2D eigenvalue weighted by Gasteiger charge is -2.17. The van der Waals surface area contributed by atoms with Gasteiger partial charge in [-0.15, -0.1) is 0 Å². The maximum Gasteiger partial charge on any atom is 0.126 e. The molecule has 106 valence electrons. The Morgan fingerprint density at radius 3 is 1.70 bits per heavy atom. The summed E-state index contributed by atoms with van der Waals surface area (Å²) in [4.78, 5) is 0. The van der Waals surface area contributed by atoms with E-state index in [9.17, 15) is 8.78 Å². The predicted molar refractivity (Wildman–Crippen MR) is 80.0 cm³/mol. The lowest BCUT2D eigenvalue weighted by Crippen LogP contribution is -1.99. The van der Waals surface area contributed by atoms with Gasteiger partial charge >= 0.3 is 0 Å². The molecule has 0 saturated carbocycles. The van der Waals surface area contributed by atoms with Crippen molar-refractivity contribution in [3.05, 3.63) is 59.2 Å². The summed E-state index contributed by atoms with van der Waals surface area (Å²) in [7, 11) is 0. The molecule has 20 heavy (non-hydrogen) atoms. The predicted octanol–water partition coefficient (Wildman–Crippen LogP) is 5.88. The zero-order chi connectivity index (χ0) is 14.9. The van der Waals surface area contributed by atoms with Gasteiger partial charge in [0, 0.05) is 6.07 Å². The standard InChI is InChI=1S/C18H20F2/c1-11(2)17-6-5-13(9-18(17)12(3)4)14-7-15(19)10-16(20)8-14/h5-12H,1-4H3. The molecule has 0 saturated heterocycles. The first kappa shape index (κ1) is 14.7. The molecule has 0 aliphatic heterocycles. The normalized spacial score (nSPS) is 11.4. The third kappa shape index (κ3) is 3.06. The van der Waals surface area contributed by atoms with Crippen LogP contribution in [-0.2, 0) is 0 Å². The summed E-state index contributed by atoms with van der Waals surface area (Å²) in [6.07, 6.45) is 0. The SMILES string of the molecule is CC(C)c1ccc(-c2cc(F)cc(F)c2)cc1C(C)C. The Kier molecular flexibility index (Phi) is 4.22. The highest BCUT2D eigenvalue weighted by molar-refractivity contribution is 5.65. The molecule has 0 aromatic heterocycles. The van der Waals surface area contributed by atoms with Gasteiger partial charge in [-0.2, -0.15) is 0 Å². The molecule has 0 N–H and O–H groups in total. The molecular formula is C18H20F2. The van der Waals surface area contributed by atoms with Gasteiger partial charge in [-0.1, -0.05) is 45.9 Å². The molecule has 0 fully saturated rings. The fourth-order valence-electron chi connectivity index (χ4n) is 2.50. The first-order valence-corrected chi connectivity index (χ1v) is 6.98. The minimum Gasteiger partial charge on any atom is -0.207 e. The molecule has 0 bridgehead atoms. The van der Waals surface area contributed by atoms with Crippen LogP contribution in [-0.4, -0.2) is 0 Å². The molecule has 0 spiro atoms. The van der Waals surface area contributed by atoms with Crippen LogP contribution in [0.25, 0.3) is 11.1 Å². The minimum absolute atomic E-state index is 0.380. The van der Waals surface area contributed by atoms with E-state index in [1.54, 1.807) is 0 Å². The van der Waals surface area contributed by atoms with Gasteiger partial charge in [0.05, 0.1) is 0 Å². The van der Waals surface area contributed by atoms with Crippen LogP contribution in [0.3, 0.4) is 0 Å². The van der Waals surface area contributed by atoms with E-state index in [1.165, 1.54) is 23.3 Å². The van der Waals surface area contributed by atoms with Crippen molar-refractivity contribution in [3.63, 3.8) is 0 Å². The summed E-state index contributed by atoms with van der Waals surface area (Å²) >= 11 is 0. The molecule has 0 heterocycles. The summed E-state index contributed by atoms with van der Waals surface area (Å²) in [5.74, 6) is -0.269. The van der Waals surface area contributed by atoms with Gasteiger partial charge in [0.2, 0.25) is 0 Å². The van der Waals surface area contributed by atoms with Gasteiger partial charge in [0.25, 0.3) is 0 Å². The molecule has 0 amide bonds. The van der Waals surface area contributed by atoms with Crippen LogP contribution >= 0.6 is 0 Å². The second kappa shape index (κ2) is 5.74. The maximum absolute atomic E-state index is 13.3. The van der Waals surface area contributed by atoms with Crippen molar-refractivity contribution < 1.29 is 8.78 Å². The fraction of sp³-hybridized carbons (Fsp3) is 0.333. The van der Waals surface area contributed by atoms with Crippen molar-refractivity contribution in [1.29, 1.82) is 0 Å². The van der Waals surface area contributed by atoms with Crippen molar-refractivity contribution in [2.45, 2.75) is 39.5 Å². The van der Waals surface area contributed by atoms with Crippen LogP contribution in [0.5, 0.6) is 0 Å². The van der Waals surface area contributed by atoms with Crippen molar-refractivity contribution >= 4 is 0 Å². The first-order chi connectivity index (χ1) is 9.38. The van der Waals surface area contributed by atoms with E-state index in [4.69, 9.17) is 0 Å². The van der Waals surface area contributed by atoms with E-state index in [0.717, 1.165) is 11.6 Å². The first-order valence-electron chi connectivity index (χ1n) is 6.98. The van der Waals surface area contributed by atoms with Crippen LogP contribution in [0, 0.1) is 11.6 Å². The monoisotopic (exact) mass is 274 g/mol. The average molecular weight is 274 g/mol. The Hall–Kier alpha value is -1.70. The quantitative estimate of drug-likeness (QED) is 0.655. The Labute approximate surface area is 119 Å². The molecule has 0 radical (unpaired) electrons. The van der Waals surface area contributed by atoms with E-state index in [-0.39, 0.29) is 0 Å². The zero-order valence-corrected chi connectivity index (χ0v) is 12.4. The summed E-state index contributed by atoms with van der Waals surface area (Å²) in [5.41, 5.74) is 3.97. The Morgan fingerprint density at radius 2 is 1.20 bits per heavy atom. The van der Waals surface area contributed by atoms with Gasteiger partial charge in [-0.25, -0.2) is 8.78 Å². The largest absolute Gasteiger partial charge is 0.207 e. The van der Waals surface area contributed by atoms with Gasteiger partial charge in [0.1, 0.15) is 11.6 Å². The highest BCUT2D eigenvalue weighted by atomic mass is 19.1. The van der Waals surface area contributed by atoms with E-state index in [1.807, 2.05) is 12.1 Å². The maximum atomic E-state index is 13.3. The molecule has 2 aromatic rings. The highest BCUT2D eigenvalue weighted by Gasteiger charge is 2.12. The van der Waals surface area contributed by atoms with Crippen molar-refractivity contribution in [2.24, 2.45) is 0 Å². The number of halogens is 2. The number of benzene rings is 2. The minimum atomic E-state index is -0.543. The summed E-state index contributed by atoms with van der Waals surface area (Å²) < 4.78 is 26.7. The lowest BCUT2D eigenvalue weighted by atomic mass is 9.88. The molecule has 0 aliphatic rings. The molecule has 0 aliphatic carbocycles. The summed E-state index contributed by atoms with van der Waals surface area (Å²) in [6, 6.07) is 9.70. The average Bonchev–Trinajstić information content (AvgIpc) is 2.36. The van der Waals surface area contributed by atoms with Crippen LogP contribution in [0.2, 0.25) is 0 Å². The van der Waals surface area contributed by atoms with Crippen molar-refractivity contribution in [1.82, 2.24) is 0 Å². The Bertz CT molecular complexity index is 593. The Morgan fingerprint density at radius 1 is 0.650 bits per heavy atom. The van der Waals surface area contributed by atoms with Crippen LogP contribution in [0.15, 0.2) is 36.4 Å². The van der Waals surface area contributed by atoms with E-state index in [2.05, 4.69) is 33.8 Å². The zero-order valence-electron chi connectivity index (χ0n) is 12.4. The van der Waals surface area contributed by atoms with Gasteiger partial charge in [-0.05, 0) is 46.2 Å². The van der Waals surface area contributed by atoms with Crippen LogP contribution in [0.4, 0.5) is 8.78 Å². The van der Waals surface area contributed by atoms with Crippen molar-refractivity contribution in [2.75, 3.05) is 0 Å². The van der Waals surface area contributed by atoms with Gasteiger partial charge in [0.15, 0.2) is 0 Å². The van der Waals surface area contributed by atoms with Gasteiger partial charge in [-0.3, -0.25) is 0 Å².